The Hall–Kier alpha value is -3.97. The Labute approximate surface area is 202 Å². The summed E-state index contributed by atoms with van der Waals surface area (Å²) in [6.07, 6.45) is 0. The van der Waals surface area contributed by atoms with Crippen molar-refractivity contribution >= 4 is 45.7 Å². The average Bonchev–Trinajstić information content (AvgIpc) is 2.88. The molecule has 7 heteroatoms. The maximum Gasteiger partial charge on any atom is 0.255 e. The summed E-state index contributed by atoms with van der Waals surface area (Å²) in [6.45, 7) is 0. The number of carbonyl (C=O) groups excluding carboxylic acids is 2. The molecule has 0 unspecified atom stereocenters. The lowest BCUT2D eigenvalue weighted by atomic mass is 10.1. The number of hydrogen-bond donors (Lipinski definition) is 2. The van der Waals surface area contributed by atoms with Crippen molar-refractivity contribution in [2.24, 2.45) is 0 Å². The predicted octanol–water partition coefficient (Wildman–Crippen LogP) is 5.84. The van der Waals surface area contributed by atoms with Crippen molar-refractivity contribution < 1.29 is 19.1 Å². The lowest BCUT2D eigenvalue weighted by Gasteiger charge is -2.12. The summed E-state index contributed by atoms with van der Waals surface area (Å²) in [7, 11) is 3.11. The Bertz CT molecular complexity index is 1320. The molecule has 2 amide bonds. The Balaban J connectivity index is 1.33. The van der Waals surface area contributed by atoms with E-state index in [0.29, 0.717) is 28.4 Å². The molecule has 0 bridgehead atoms. The second-order valence-electron chi connectivity index (χ2n) is 7.44. The Kier molecular flexibility index (Phi) is 7.34. The van der Waals surface area contributed by atoms with E-state index in [1.807, 2.05) is 66.7 Å². The minimum atomic E-state index is -0.169. The normalized spacial score (nSPS) is 10.5. The first kappa shape index (κ1) is 23.2. The first-order valence-electron chi connectivity index (χ1n) is 10.6. The smallest absolute Gasteiger partial charge is 0.255 e. The Morgan fingerprint density at radius 3 is 2.29 bits per heavy atom. The van der Waals surface area contributed by atoms with Crippen LogP contribution in [0.25, 0.3) is 10.8 Å². The zero-order valence-electron chi connectivity index (χ0n) is 18.8. The molecule has 172 valence electrons. The summed E-state index contributed by atoms with van der Waals surface area (Å²) < 4.78 is 10.5. The van der Waals surface area contributed by atoms with E-state index in [1.165, 1.54) is 11.8 Å². The highest BCUT2D eigenvalue weighted by molar-refractivity contribution is 8.00. The van der Waals surface area contributed by atoms with Crippen LogP contribution in [0.3, 0.4) is 0 Å². The zero-order chi connectivity index (χ0) is 23.9. The number of nitrogens with one attached hydrogen (secondary N) is 2. The molecule has 4 aromatic carbocycles. The van der Waals surface area contributed by atoms with Gasteiger partial charge in [0, 0.05) is 22.2 Å². The first-order chi connectivity index (χ1) is 16.6. The van der Waals surface area contributed by atoms with Crippen LogP contribution in [0.2, 0.25) is 0 Å². The van der Waals surface area contributed by atoms with E-state index in [-0.39, 0.29) is 17.6 Å². The topological polar surface area (TPSA) is 76.7 Å². The van der Waals surface area contributed by atoms with Crippen LogP contribution in [-0.2, 0) is 4.79 Å². The molecule has 0 heterocycles. The van der Waals surface area contributed by atoms with Crippen molar-refractivity contribution in [2.75, 3.05) is 30.6 Å². The van der Waals surface area contributed by atoms with Gasteiger partial charge in [-0.1, -0.05) is 30.3 Å². The Morgan fingerprint density at radius 1 is 0.794 bits per heavy atom. The summed E-state index contributed by atoms with van der Waals surface area (Å²) >= 11 is 1.40. The van der Waals surface area contributed by atoms with Gasteiger partial charge < -0.3 is 20.1 Å². The van der Waals surface area contributed by atoms with E-state index in [2.05, 4.69) is 10.6 Å². The van der Waals surface area contributed by atoms with E-state index >= 15 is 0 Å². The van der Waals surface area contributed by atoms with Crippen molar-refractivity contribution in [3.8, 4) is 11.5 Å². The van der Waals surface area contributed by atoms with Crippen molar-refractivity contribution in [3.05, 3.63) is 90.5 Å². The third-order valence-electron chi connectivity index (χ3n) is 5.17. The summed E-state index contributed by atoms with van der Waals surface area (Å²) in [5, 5.41) is 7.88. The van der Waals surface area contributed by atoms with Crippen LogP contribution in [0.1, 0.15) is 10.4 Å². The second-order valence-corrected chi connectivity index (χ2v) is 8.49. The molecule has 0 aliphatic rings. The number of benzene rings is 4. The van der Waals surface area contributed by atoms with Gasteiger partial charge in [-0.25, -0.2) is 0 Å². The van der Waals surface area contributed by atoms with Crippen LogP contribution in [0.4, 0.5) is 11.4 Å². The molecule has 0 aliphatic carbocycles. The maximum atomic E-state index is 12.6. The standard InChI is InChI=1S/C27H24N2O4S/c1-32-22-11-14-25(33-2)24(16-22)29-26(30)17-34-23-12-9-21(10-13-23)28-27(31)20-8-7-18-5-3-4-6-19(18)15-20/h3-16H,17H2,1-2H3,(H,28,31)(H,29,30). The van der Waals surface area contributed by atoms with Crippen molar-refractivity contribution in [1.29, 1.82) is 0 Å². The molecule has 0 atom stereocenters. The number of rotatable bonds is 8. The van der Waals surface area contributed by atoms with Gasteiger partial charge in [0.25, 0.3) is 5.91 Å². The monoisotopic (exact) mass is 472 g/mol. The number of thioether (sulfide) groups is 1. The lowest BCUT2D eigenvalue weighted by Crippen LogP contribution is -2.14. The molecule has 0 aliphatic heterocycles. The fourth-order valence-electron chi connectivity index (χ4n) is 3.42. The van der Waals surface area contributed by atoms with E-state index in [0.717, 1.165) is 15.7 Å². The number of hydrogen-bond acceptors (Lipinski definition) is 5. The highest BCUT2D eigenvalue weighted by Crippen LogP contribution is 2.29. The second kappa shape index (κ2) is 10.8. The van der Waals surface area contributed by atoms with Crippen LogP contribution < -0.4 is 20.1 Å². The molecule has 0 spiro atoms. The SMILES string of the molecule is COc1ccc(OC)c(NC(=O)CSc2ccc(NC(=O)c3ccc4ccccc4c3)cc2)c1. The fourth-order valence-corrected chi connectivity index (χ4v) is 4.11. The van der Waals surface area contributed by atoms with Crippen LogP contribution in [0.15, 0.2) is 89.8 Å². The molecule has 0 aromatic heterocycles. The average molecular weight is 473 g/mol. The van der Waals surface area contributed by atoms with Gasteiger partial charge >= 0.3 is 0 Å². The van der Waals surface area contributed by atoms with E-state index in [4.69, 9.17) is 9.47 Å². The number of anilines is 2. The molecular formula is C27H24N2O4S. The minimum Gasteiger partial charge on any atom is -0.497 e. The van der Waals surface area contributed by atoms with Gasteiger partial charge in [-0.05, 0) is 59.3 Å². The molecule has 2 N–H and O–H groups in total. The van der Waals surface area contributed by atoms with Crippen molar-refractivity contribution in [2.45, 2.75) is 4.90 Å². The molecule has 4 rings (SSSR count). The van der Waals surface area contributed by atoms with Gasteiger partial charge in [0.15, 0.2) is 0 Å². The van der Waals surface area contributed by atoms with Crippen molar-refractivity contribution in [1.82, 2.24) is 0 Å². The number of amides is 2. The molecular weight excluding hydrogens is 448 g/mol. The first-order valence-corrected chi connectivity index (χ1v) is 11.6. The summed E-state index contributed by atoms with van der Waals surface area (Å²) in [5.41, 5.74) is 1.84. The quantitative estimate of drug-likeness (QED) is 0.315. The summed E-state index contributed by atoms with van der Waals surface area (Å²) in [5.74, 6) is 1.09. The molecule has 4 aromatic rings. The molecule has 0 radical (unpaired) electrons. The van der Waals surface area contributed by atoms with Crippen LogP contribution >= 0.6 is 11.8 Å². The minimum absolute atomic E-state index is 0.162. The van der Waals surface area contributed by atoms with Gasteiger partial charge in [0.2, 0.25) is 5.91 Å². The van der Waals surface area contributed by atoms with Crippen LogP contribution in [0.5, 0.6) is 11.5 Å². The molecule has 0 saturated carbocycles. The molecule has 0 fully saturated rings. The van der Waals surface area contributed by atoms with E-state index < -0.39 is 0 Å². The number of carbonyl (C=O) groups is 2. The Morgan fingerprint density at radius 2 is 1.56 bits per heavy atom. The predicted molar refractivity (Wildman–Crippen MR) is 137 cm³/mol. The van der Waals surface area contributed by atoms with Gasteiger partial charge in [-0.2, -0.15) is 0 Å². The third kappa shape index (κ3) is 5.68. The van der Waals surface area contributed by atoms with Gasteiger partial charge in [-0.3, -0.25) is 9.59 Å². The molecule has 6 nitrogen and oxygen atoms in total. The maximum absolute atomic E-state index is 12.6. The number of ether oxygens (including phenoxy) is 2. The van der Waals surface area contributed by atoms with Crippen LogP contribution in [-0.4, -0.2) is 31.8 Å². The highest BCUT2D eigenvalue weighted by atomic mass is 32.2. The van der Waals surface area contributed by atoms with Crippen LogP contribution in [0, 0.1) is 0 Å². The number of methoxy groups -OCH3 is 2. The fraction of sp³-hybridized carbons (Fsp3) is 0.111. The molecule has 34 heavy (non-hydrogen) atoms. The van der Waals surface area contributed by atoms with Crippen molar-refractivity contribution in [3.63, 3.8) is 0 Å². The van der Waals surface area contributed by atoms with Gasteiger partial charge in [0.05, 0.1) is 25.7 Å². The largest absolute Gasteiger partial charge is 0.497 e. The van der Waals surface area contributed by atoms with E-state index in [1.54, 1.807) is 32.4 Å². The summed E-state index contributed by atoms with van der Waals surface area (Å²) in [6, 6.07) is 26.2. The lowest BCUT2D eigenvalue weighted by molar-refractivity contribution is -0.113. The zero-order valence-corrected chi connectivity index (χ0v) is 19.6. The number of fused-ring (bicyclic) bond motifs is 1. The van der Waals surface area contributed by atoms with E-state index in [9.17, 15) is 9.59 Å². The highest BCUT2D eigenvalue weighted by Gasteiger charge is 2.11. The molecule has 0 saturated heterocycles. The third-order valence-corrected chi connectivity index (χ3v) is 6.19. The summed E-state index contributed by atoms with van der Waals surface area (Å²) in [4.78, 5) is 26.0. The van der Waals surface area contributed by atoms with Gasteiger partial charge in [0.1, 0.15) is 11.5 Å². The van der Waals surface area contributed by atoms with Gasteiger partial charge in [-0.15, -0.1) is 11.8 Å².